The summed E-state index contributed by atoms with van der Waals surface area (Å²) in [4.78, 5) is 2.18. The standard InChI is InChI=1S/C17H21ClN2O3S/c1-4-20(5-2)15-9-7-14(8-10-15)19-24(21,22)17-12-13(18)6-11-16(17)23-3/h6-12,19H,4-5H2,1-3H3. The summed E-state index contributed by atoms with van der Waals surface area (Å²) in [6.45, 7) is 5.93. The topological polar surface area (TPSA) is 58.6 Å². The first-order chi connectivity index (χ1) is 11.4. The smallest absolute Gasteiger partial charge is 0.265 e. The molecule has 130 valence electrons. The molecule has 0 bridgehead atoms. The van der Waals surface area contributed by atoms with Crippen LogP contribution in [0.4, 0.5) is 11.4 Å². The molecule has 2 rings (SSSR count). The van der Waals surface area contributed by atoms with Crippen LogP contribution in [-0.4, -0.2) is 28.6 Å². The Balaban J connectivity index is 2.28. The fraction of sp³-hybridized carbons (Fsp3) is 0.294. The van der Waals surface area contributed by atoms with E-state index in [9.17, 15) is 8.42 Å². The number of nitrogens with zero attached hydrogens (tertiary/aromatic N) is 1. The number of benzene rings is 2. The molecule has 0 heterocycles. The van der Waals surface area contributed by atoms with Gasteiger partial charge < -0.3 is 9.64 Å². The highest BCUT2D eigenvalue weighted by atomic mass is 35.5. The zero-order valence-corrected chi connectivity index (χ0v) is 15.5. The normalized spacial score (nSPS) is 11.2. The Kier molecular flexibility index (Phi) is 5.96. The third kappa shape index (κ3) is 4.13. The summed E-state index contributed by atoms with van der Waals surface area (Å²) >= 11 is 5.92. The second-order valence-electron chi connectivity index (χ2n) is 5.12. The maximum Gasteiger partial charge on any atom is 0.265 e. The van der Waals surface area contributed by atoms with Gasteiger partial charge in [-0.1, -0.05) is 11.6 Å². The van der Waals surface area contributed by atoms with Crippen LogP contribution in [0.15, 0.2) is 47.4 Å². The highest BCUT2D eigenvalue weighted by Gasteiger charge is 2.20. The van der Waals surface area contributed by atoms with E-state index in [4.69, 9.17) is 16.3 Å². The summed E-state index contributed by atoms with van der Waals surface area (Å²) in [5.74, 6) is 0.242. The first kappa shape index (κ1) is 18.4. The van der Waals surface area contributed by atoms with Crippen LogP contribution >= 0.6 is 11.6 Å². The summed E-state index contributed by atoms with van der Waals surface area (Å²) in [5.41, 5.74) is 1.52. The number of ether oxygens (including phenoxy) is 1. The molecule has 0 saturated heterocycles. The van der Waals surface area contributed by atoms with E-state index in [2.05, 4.69) is 23.5 Å². The van der Waals surface area contributed by atoms with E-state index in [0.717, 1.165) is 18.8 Å². The fourth-order valence-electron chi connectivity index (χ4n) is 2.40. The minimum Gasteiger partial charge on any atom is -0.495 e. The maximum atomic E-state index is 12.6. The molecule has 0 aliphatic rings. The zero-order valence-electron chi connectivity index (χ0n) is 13.9. The average molecular weight is 369 g/mol. The van der Waals surface area contributed by atoms with Crippen molar-refractivity contribution in [3.8, 4) is 5.75 Å². The van der Waals surface area contributed by atoms with Crippen LogP contribution < -0.4 is 14.4 Å². The number of sulfonamides is 1. The largest absolute Gasteiger partial charge is 0.495 e. The number of anilines is 2. The molecule has 0 unspecified atom stereocenters. The van der Waals surface area contributed by atoms with Crippen LogP contribution in [0.1, 0.15) is 13.8 Å². The van der Waals surface area contributed by atoms with Crippen molar-refractivity contribution in [1.82, 2.24) is 0 Å². The molecule has 0 aliphatic carbocycles. The fourth-order valence-corrected chi connectivity index (χ4v) is 3.89. The van der Waals surface area contributed by atoms with Gasteiger partial charge in [-0.3, -0.25) is 4.72 Å². The lowest BCUT2D eigenvalue weighted by Crippen LogP contribution is -2.21. The molecule has 0 atom stereocenters. The molecule has 0 radical (unpaired) electrons. The minimum absolute atomic E-state index is 0.00493. The highest BCUT2D eigenvalue weighted by Crippen LogP contribution is 2.29. The summed E-state index contributed by atoms with van der Waals surface area (Å²) in [5, 5.41) is 0.327. The predicted octanol–water partition coefficient (Wildman–Crippen LogP) is 4.00. The molecule has 2 aromatic carbocycles. The number of rotatable bonds is 7. The van der Waals surface area contributed by atoms with Gasteiger partial charge in [0.25, 0.3) is 10.0 Å². The molecule has 7 heteroatoms. The quantitative estimate of drug-likeness (QED) is 0.802. The molecule has 0 aliphatic heterocycles. The molecule has 0 fully saturated rings. The van der Waals surface area contributed by atoms with Gasteiger partial charge in [-0.05, 0) is 56.3 Å². The third-order valence-electron chi connectivity index (χ3n) is 3.66. The first-order valence-electron chi connectivity index (χ1n) is 7.62. The van der Waals surface area contributed by atoms with Gasteiger partial charge in [0.05, 0.1) is 7.11 Å². The molecule has 0 aromatic heterocycles. The van der Waals surface area contributed by atoms with Crippen molar-refractivity contribution in [3.63, 3.8) is 0 Å². The molecule has 5 nitrogen and oxygen atoms in total. The van der Waals surface area contributed by atoms with Gasteiger partial charge in [0.2, 0.25) is 0 Å². The van der Waals surface area contributed by atoms with E-state index in [-0.39, 0.29) is 10.6 Å². The van der Waals surface area contributed by atoms with Crippen molar-refractivity contribution in [1.29, 1.82) is 0 Å². The number of hydrogen-bond donors (Lipinski definition) is 1. The lowest BCUT2D eigenvalue weighted by Gasteiger charge is -2.21. The lowest BCUT2D eigenvalue weighted by molar-refractivity contribution is 0.403. The molecule has 0 amide bonds. The van der Waals surface area contributed by atoms with Gasteiger partial charge in [-0.25, -0.2) is 8.42 Å². The predicted molar refractivity (Wildman–Crippen MR) is 98.8 cm³/mol. The van der Waals surface area contributed by atoms with Crippen molar-refractivity contribution in [2.75, 3.05) is 29.8 Å². The molecule has 24 heavy (non-hydrogen) atoms. The van der Waals surface area contributed by atoms with Gasteiger partial charge in [0.15, 0.2) is 0 Å². The SMILES string of the molecule is CCN(CC)c1ccc(NS(=O)(=O)c2cc(Cl)ccc2OC)cc1. The number of hydrogen-bond acceptors (Lipinski definition) is 4. The van der Waals surface area contributed by atoms with Crippen LogP contribution in [0.5, 0.6) is 5.75 Å². The second-order valence-corrected chi connectivity index (χ2v) is 7.21. The monoisotopic (exact) mass is 368 g/mol. The number of nitrogens with one attached hydrogen (secondary N) is 1. The molecular formula is C17H21ClN2O3S. The Morgan fingerprint density at radius 2 is 1.71 bits per heavy atom. The Labute approximate surface area is 148 Å². The van der Waals surface area contributed by atoms with E-state index >= 15 is 0 Å². The van der Waals surface area contributed by atoms with Crippen molar-refractivity contribution < 1.29 is 13.2 Å². The van der Waals surface area contributed by atoms with Crippen molar-refractivity contribution in [2.45, 2.75) is 18.7 Å². The van der Waals surface area contributed by atoms with Crippen LogP contribution in [0.2, 0.25) is 5.02 Å². The minimum atomic E-state index is -3.80. The van der Waals surface area contributed by atoms with Gasteiger partial charge in [0, 0.05) is 29.5 Å². The van der Waals surface area contributed by atoms with E-state index in [1.54, 1.807) is 18.2 Å². The van der Waals surface area contributed by atoms with Crippen molar-refractivity contribution in [3.05, 3.63) is 47.5 Å². The molecular weight excluding hydrogens is 348 g/mol. The van der Waals surface area contributed by atoms with Gasteiger partial charge in [-0.15, -0.1) is 0 Å². The summed E-state index contributed by atoms with van der Waals surface area (Å²) in [7, 11) is -2.38. The van der Waals surface area contributed by atoms with E-state index in [1.807, 2.05) is 12.1 Å². The first-order valence-corrected chi connectivity index (χ1v) is 9.48. The Morgan fingerprint density at radius 1 is 1.08 bits per heavy atom. The third-order valence-corrected chi connectivity index (χ3v) is 5.30. The van der Waals surface area contributed by atoms with Crippen molar-refractivity contribution >= 4 is 33.0 Å². The molecule has 0 spiro atoms. The van der Waals surface area contributed by atoms with E-state index in [0.29, 0.717) is 10.7 Å². The second kappa shape index (κ2) is 7.77. The van der Waals surface area contributed by atoms with Crippen LogP contribution in [0.25, 0.3) is 0 Å². The highest BCUT2D eigenvalue weighted by molar-refractivity contribution is 7.92. The molecule has 1 N–H and O–H groups in total. The zero-order chi connectivity index (χ0) is 17.7. The lowest BCUT2D eigenvalue weighted by atomic mass is 10.2. The summed E-state index contributed by atoms with van der Waals surface area (Å²) < 4.78 is 32.9. The average Bonchev–Trinajstić information content (AvgIpc) is 2.57. The van der Waals surface area contributed by atoms with Crippen LogP contribution in [-0.2, 0) is 10.0 Å². The Hall–Kier alpha value is -1.92. The van der Waals surface area contributed by atoms with Crippen LogP contribution in [0.3, 0.4) is 0 Å². The number of methoxy groups -OCH3 is 1. The summed E-state index contributed by atoms with van der Waals surface area (Å²) in [6.07, 6.45) is 0. The van der Waals surface area contributed by atoms with Crippen molar-refractivity contribution in [2.24, 2.45) is 0 Å². The summed E-state index contributed by atoms with van der Waals surface area (Å²) in [6, 6.07) is 11.7. The van der Waals surface area contributed by atoms with Crippen LogP contribution in [0, 0.1) is 0 Å². The van der Waals surface area contributed by atoms with E-state index < -0.39 is 10.0 Å². The van der Waals surface area contributed by atoms with Gasteiger partial charge >= 0.3 is 0 Å². The molecule has 2 aromatic rings. The maximum absolute atomic E-state index is 12.6. The molecule has 0 saturated carbocycles. The Bertz CT molecular complexity index is 788. The Morgan fingerprint density at radius 3 is 2.25 bits per heavy atom. The van der Waals surface area contributed by atoms with E-state index in [1.165, 1.54) is 19.2 Å². The number of halogens is 1. The van der Waals surface area contributed by atoms with Gasteiger partial charge in [-0.2, -0.15) is 0 Å². The van der Waals surface area contributed by atoms with Gasteiger partial charge in [0.1, 0.15) is 10.6 Å².